The van der Waals surface area contributed by atoms with Crippen molar-refractivity contribution in [2.45, 2.75) is 13.0 Å². The summed E-state index contributed by atoms with van der Waals surface area (Å²) in [7, 11) is 0. The molecule has 8 heteroatoms. The summed E-state index contributed by atoms with van der Waals surface area (Å²) in [6.45, 7) is 1.93. The first-order valence-corrected chi connectivity index (χ1v) is 11.3. The number of anilines is 1. The summed E-state index contributed by atoms with van der Waals surface area (Å²) < 4.78 is 10.8. The SMILES string of the molecule is Cc1ccc(N2C(=O)C(=O)/C(=C(/O)c3ccc4c(c3)OCO4)C2c2c[nH]c3ccccc23)cc1Cl. The fourth-order valence-corrected chi connectivity index (χ4v) is 4.82. The van der Waals surface area contributed by atoms with Crippen LogP contribution in [0, 0.1) is 6.92 Å². The van der Waals surface area contributed by atoms with Crippen molar-refractivity contribution >= 4 is 45.6 Å². The lowest BCUT2D eigenvalue weighted by Crippen LogP contribution is -2.29. The summed E-state index contributed by atoms with van der Waals surface area (Å²) in [5, 5.41) is 12.7. The van der Waals surface area contributed by atoms with Crippen molar-refractivity contribution in [3.05, 3.63) is 94.1 Å². The highest BCUT2D eigenvalue weighted by molar-refractivity contribution is 6.52. The van der Waals surface area contributed by atoms with Crippen molar-refractivity contribution < 1.29 is 24.2 Å². The van der Waals surface area contributed by atoms with Crippen LogP contribution in [0.1, 0.15) is 22.7 Å². The predicted octanol–water partition coefficient (Wildman–Crippen LogP) is 5.48. The third kappa shape index (κ3) is 3.27. The zero-order chi connectivity index (χ0) is 24.3. The molecule has 35 heavy (non-hydrogen) atoms. The number of halogens is 1. The van der Waals surface area contributed by atoms with Gasteiger partial charge in [0.1, 0.15) is 5.76 Å². The number of aliphatic hydroxyl groups excluding tert-OH is 1. The molecular formula is C27H19ClN2O5. The van der Waals surface area contributed by atoms with Gasteiger partial charge in [-0.1, -0.05) is 35.9 Å². The first kappa shape index (κ1) is 21.3. The Balaban J connectivity index is 1.60. The fraction of sp³-hybridized carbons (Fsp3) is 0.111. The molecule has 0 spiro atoms. The van der Waals surface area contributed by atoms with Crippen LogP contribution in [0.2, 0.25) is 5.02 Å². The summed E-state index contributed by atoms with van der Waals surface area (Å²) in [6.07, 6.45) is 1.76. The molecule has 6 rings (SSSR count). The molecule has 2 aliphatic heterocycles. The maximum atomic E-state index is 13.4. The van der Waals surface area contributed by atoms with Crippen LogP contribution in [0.5, 0.6) is 11.5 Å². The third-order valence-corrected chi connectivity index (χ3v) is 6.85. The van der Waals surface area contributed by atoms with Crippen LogP contribution in [0.25, 0.3) is 16.7 Å². The van der Waals surface area contributed by atoms with Crippen molar-refractivity contribution in [1.29, 1.82) is 0 Å². The topological polar surface area (TPSA) is 91.9 Å². The van der Waals surface area contributed by atoms with Gasteiger partial charge in [0.05, 0.1) is 11.6 Å². The fourth-order valence-electron chi connectivity index (χ4n) is 4.64. The largest absolute Gasteiger partial charge is 0.507 e. The van der Waals surface area contributed by atoms with Crippen molar-refractivity contribution in [1.82, 2.24) is 4.98 Å². The highest BCUT2D eigenvalue weighted by Gasteiger charge is 2.48. The van der Waals surface area contributed by atoms with Crippen LogP contribution >= 0.6 is 11.6 Å². The Bertz CT molecular complexity index is 1570. The maximum absolute atomic E-state index is 13.4. The molecule has 1 unspecified atom stereocenters. The van der Waals surface area contributed by atoms with E-state index in [-0.39, 0.29) is 18.1 Å². The molecule has 3 aromatic carbocycles. The first-order chi connectivity index (χ1) is 16.9. The lowest BCUT2D eigenvalue weighted by Gasteiger charge is -2.25. The number of aryl methyl sites for hydroxylation is 1. The number of nitrogens with one attached hydrogen (secondary N) is 1. The Labute approximate surface area is 205 Å². The van der Waals surface area contributed by atoms with Gasteiger partial charge in [-0.3, -0.25) is 14.5 Å². The number of H-pyrrole nitrogens is 1. The van der Waals surface area contributed by atoms with Crippen LogP contribution in [0.15, 0.2) is 72.4 Å². The van der Waals surface area contributed by atoms with E-state index in [1.54, 1.807) is 42.6 Å². The van der Waals surface area contributed by atoms with E-state index in [1.807, 2.05) is 31.2 Å². The molecule has 0 saturated carbocycles. The number of aromatic nitrogens is 1. The van der Waals surface area contributed by atoms with Gasteiger partial charge in [0.25, 0.3) is 11.7 Å². The van der Waals surface area contributed by atoms with Gasteiger partial charge < -0.3 is 19.6 Å². The van der Waals surface area contributed by atoms with Gasteiger partial charge in [-0.25, -0.2) is 0 Å². The number of ether oxygens (including phenoxy) is 2. The summed E-state index contributed by atoms with van der Waals surface area (Å²) in [6, 6.07) is 16.8. The number of nitrogens with zero attached hydrogens (tertiary/aromatic N) is 1. The molecule has 7 nitrogen and oxygen atoms in total. The number of aliphatic hydroxyl groups is 1. The van der Waals surface area contributed by atoms with E-state index in [2.05, 4.69) is 4.98 Å². The van der Waals surface area contributed by atoms with Crippen molar-refractivity contribution in [3.63, 3.8) is 0 Å². The number of aromatic amines is 1. The number of fused-ring (bicyclic) bond motifs is 2. The van der Waals surface area contributed by atoms with Gasteiger partial charge >= 0.3 is 0 Å². The molecular weight excluding hydrogens is 468 g/mol. The molecule has 2 N–H and O–H groups in total. The van der Waals surface area contributed by atoms with E-state index in [1.165, 1.54) is 4.90 Å². The van der Waals surface area contributed by atoms with Crippen LogP contribution in [0.3, 0.4) is 0 Å². The molecule has 174 valence electrons. The van der Waals surface area contributed by atoms with Gasteiger partial charge in [0.2, 0.25) is 6.79 Å². The second kappa shape index (κ2) is 7.92. The Morgan fingerprint density at radius 1 is 1.06 bits per heavy atom. The number of hydrogen-bond acceptors (Lipinski definition) is 5. The first-order valence-electron chi connectivity index (χ1n) is 11.0. The molecule has 2 aliphatic rings. The van der Waals surface area contributed by atoms with E-state index in [0.29, 0.717) is 33.3 Å². The number of carbonyl (C=O) groups excluding carboxylic acids is 2. The van der Waals surface area contributed by atoms with Gasteiger partial charge in [-0.15, -0.1) is 0 Å². The van der Waals surface area contributed by atoms with Crippen LogP contribution < -0.4 is 14.4 Å². The monoisotopic (exact) mass is 486 g/mol. The molecule has 0 bridgehead atoms. The molecule has 4 aromatic rings. The number of para-hydroxylation sites is 1. The molecule has 1 fully saturated rings. The summed E-state index contributed by atoms with van der Waals surface area (Å²) >= 11 is 6.38. The lowest BCUT2D eigenvalue weighted by molar-refractivity contribution is -0.132. The van der Waals surface area contributed by atoms with E-state index in [0.717, 1.165) is 16.5 Å². The normalized spacial score (nSPS) is 18.6. The van der Waals surface area contributed by atoms with Crippen molar-refractivity contribution in [3.8, 4) is 11.5 Å². The quantitative estimate of drug-likeness (QED) is 0.227. The second-order valence-electron chi connectivity index (χ2n) is 8.46. The third-order valence-electron chi connectivity index (χ3n) is 6.44. The molecule has 1 saturated heterocycles. The number of benzene rings is 3. The number of rotatable bonds is 3. The lowest BCUT2D eigenvalue weighted by atomic mass is 9.94. The number of amides is 1. The van der Waals surface area contributed by atoms with Crippen LogP contribution in [-0.4, -0.2) is 28.6 Å². The zero-order valence-corrected chi connectivity index (χ0v) is 19.3. The summed E-state index contributed by atoms with van der Waals surface area (Å²) in [4.78, 5) is 31.4. The smallest absolute Gasteiger partial charge is 0.300 e. The molecule has 0 radical (unpaired) electrons. The highest BCUT2D eigenvalue weighted by atomic mass is 35.5. The van der Waals surface area contributed by atoms with Gasteiger partial charge in [0.15, 0.2) is 11.5 Å². The molecule has 1 amide bonds. The van der Waals surface area contributed by atoms with E-state index < -0.39 is 17.7 Å². The van der Waals surface area contributed by atoms with Crippen LogP contribution in [0.4, 0.5) is 5.69 Å². The maximum Gasteiger partial charge on any atom is 0.300 e. The minimum Gasteiger partial charge on any atom is -0.507 e. The molecule has 1 atom stereocenters. The standard InChI is InChI=1S/C27H19ClN2O5/c1-14-6-8-16(11-19(14)28)30-24(18-12-29-20-5-3-2-4-17(18)20)23(26(32)27(30)33)25(31)15-7-9-21-22(10-15)35-13-34-21/h2-12,24,29,31H,13H2,1H3/b25-23+. The van der Waals surface area contributed by atoms with Crippen molar-refractivity contribution in [2.75, 3.05) is 11.7 Å². The number of ketones is 1. The van der Waals surface area contributed by atoms with E-state index >= 15 is 0 Å². The predicted molar refractivity (Wildman–Crippen MR) is 132 cm³/mol. The minimum absolute atomic E-state index is 0.0182. The number of Topliss-reactive ketones (excluding diaryl/α,β-unsaturated/α-hetero) is 1. The Morgan fingerprint density at radius 2 is 1.86 bits per heavy atom. The van der Waals surface area contributed by atoms with Gasteiger partial charge in [0, 0.05) is 38.9 Å². The number of hydrogen-bond donors (Lipinski definition) is 2. The molecule has 1 aromatic heterocycles. The average Bonchev–Trinajstić information content (AvgIpc) is 3.57. The molecule has 3 heterocycles. The molecule has 0 aliphatic carbocycles. The van der Waals surface area contributed by atoms with E-state index in [4.69, 9.17) is 21.1 Å². The Hall–Kier alpha value is -4.23. The average molecular weight is 487 g/mol. The zero-order valence-electron chi connectivity index (χ0n) is 18.5. The van der Waals surface area contributed by atoms with Gasteiger partial charge in [-0.2, -0.15) is 0 Å². The summed E-state index contributed by atoms with van der Waals surface area (Å²) in [5.74, 6) is -0.825. The van der Waals surface area contributed by atoms with Crippen LogP contribution in [-0.2, 0) is 9.59 Å². The summed E-state index contributed by atoms with van der Waals surface area (Å²) in [5.41, 5.74) is 3.16. The van der Waals surface area contributed by atoms with Crippen molar-refractivity contribution in [2.24, 2.45) is 0 Å². The Kier molecular flexibility index (Phi) is 4.82. The Morgan fingerprint density at radius 3 is 2.69 bits per heavy atom. The number of carbonyl (C=O) groups is 2. The highest BCUT2D eigenvalue weighted by Crippen LogP contribution is 2.45. The van der Waals surface area contributed by atoms with E-state index in [9.17, 15) is 14.7 Å². The minimum atomic E-state index is -0.879. The second-order valence-corrected chi connectivity index (χ2v) is 8.87. The van der Waals surface area contributed by atoms with Gasteiger partial charge in [-0.05, 0) is 48.9 Å².